The van der Waals surface area contributed by atoms with Crippen molar-refractivity contribution in [1.29, 1.82) is 0 Å². The van der Waals surface area contributed by atoms with Crippen molar-refractivity contribution < 1.29 is 14.3 Å². The molecule has 1 heterocycles. The van der Waals surface area contributed by atoms with E-state index in [0.29, 0.717) is 30.7 Å². The van der Waals surface area contributed by atoms with Gasteiger partial charge in [-0.25, -0.2) is 4.98 Å². The van der Waals surface area contributed by atoms with Gasteiger partial charge in [0.2, 0.25) is 5.89 Å². The summed E-state index contributed by atoms with van der Waals surface area (Å²) in [5.41, 5.74) is 4.37. The Morgan fingerprint density at radius 3 is 2.19 bits per heavy atom. The standard InChI is InChI=1S/C32H46N2O3/c1-9-10-11-22(2)33-20-23-12-14-26(15-13-23)36-17-16-25-21-37-30(34-25)24-18-27(31(3,4)5)29(35)28(19-24)32(6,7)8/h12-15,18-19,21-22,33,35H,9-11,16-17,20H2,1-8H3. The average molecular weight is 507 g/mol. The van der Waals surface area contributed by atoms with Gasteiger partial charge in [-0.2, -0.15) is 0 Å². The number of aromatic hydroxyl groups is 1. The fourth-order valence-corrected chi connectivity index (χ4v) is 4.34. The van der Waals surface area contributed by atoms with Crippen LogP contribution >= 0.6 is 0 Å². The normalized spacial score (nSPS) is 13.1. The van der Waals surface area contributed by atoms with E-state index < -0.39 is 0 Å². The van der Waals surface area contributed by atoms with Crippen molar-refractivity contribution in [3.8, 4) is 23.0 Å². The Bertz CT molecular complexity index is 1100. The molecule has 1 atom stereocenters. The molecular weight excluding hydrogens is 460 g/mol. The van der Waals surface area contributed by atoms with Gasteiger partial charge in [-0.15, -0.1) is 0 Å². The van der Waals surface area contributed by atoms with E-state index in [1.54, 1.807) is 6.26 Å². The summed E-state index contributed by atoms with van der Waals surface area (Å²) < 4.78 is 11.8. The van der Waals surface area contributed by atoms with Crippen LogP contribution in [0.5, 0.6) is 11.5 Å². The summed E-state index contributed by atoms with van der Waals surface area (Å²) in [4.78, 5) is 4.73. The molecule has 0 aliphatic carbocycles. The van der Waals surface area contributed by atoms with Crippen LogP contribution in [0.2, 0.25) is 0 Å². The summed E-state index contributed by atoms with van der Waals surface area (Å²) in [6.07, 6.45) is 6.06. The third kappa shape index (κ3) is 8.10. The zero-order chi connectivity index (χ0) is 27.2. The molecule has 0 spiro atoms. The van der Waals surface area contributed by atoms with Crippen molar-refractivity contribution in [1.82, 2.24) is 10.3 Å². The molecule has 0 amide bonds. The monoisotopic (exact) mass is 506 g/mol. The SMILES string of the molecule is CCCCC(C)NCc1ccc(OCCc2coc(-c3cc(C(C)(C)C)c(O)c(C(C)(C)C)c3)n2)cc1. The summed E-state index contributed by atoms with van der Waals surface area (Å²) in [5.74, 6) is 1.78. The van der Waals surface area contributed by atoms with Crippen LogP contribution in [0.1, 0.15) is 97.0 Å². The molecule has 0 bridgehead atoms. The Hall–Kier alpha value is -2.79. The topological polar surface area (TPSA) is 67.5 Å². The highest BCUT2D eigenvalue weighted by atomic mass is 16.5. The number of nitrogens with one attached hydrogen (secondary N) is 1. The van der Waals surface area contributed by atoms with Gasteiger partial charge < -0.3 is 19.6 Å². The lowest BCUT2D eigenvalue weighted by Gasteiger charge is -2.27. The second-order valence-electron chi connectivity index (χ2n) is 12.2. The predicted molar refractivity (Wildman–Crippen MR) is 152 cm³/mol. The van der Waals surface area contributed by atoms with E-state index in [4.69, 9.17) is 14.1 Å². The number of oxazole rings is 1. The first-order valence-corrected chi connectivity index (χ1v) is 13.7. The van der Waals surface area contributed by atoms with Crippen LogP contribution in [-0.4, -0.2) is 22.7 Å². The van der Waals surface area contributed by atoms with Crippen molar-refractivity contribution in [3.63, 3.8) is 0 Å². The number of ether oxygens (including phenoxy) is 1. The number of rotatable bonds is 11. The summed E-state index contributed by atoms with van der Waals surface area (Å²) in [6, 6.07) is 12.8. The third-order valence-corrected chi connectivity index (χ3v) is 6.72. The Balaban J connectivity index is 1.61. The number of nitrogens with zero attached hydrogens (tertiary/aromatic N) is 1. The zero-order valence-corrected chi connectivity index (χ0v) is 24.1. The molecule has 3 aromatic rings. The van der Waals surface area contributed by atoms with Crippen molar-refractivity contribution in [2.45, 2.75) is 104 Å². The summed E-state index contributed by atoms with van der Waals surface area (Å²) in [5, 5.41) is 14.6. The molecule has 2 N–H and O–H groups in total. The lowest BCUT2D eigenvalue weighted by molar-refractivity contribution is 0.320. The molecule has 3 rings (SSSR count). The predicted octanol–water partition coefficient (Wildman–Crippen LogP) is 7.93. The van der Waals surface area contributed by atoms with E-state index in [1.165, 1.54) is 24.8 Å². The maximum absolute atomic E-state index is 11.0. The maximum atomic E-state index is 11.0. The van der Waals surface area contributed by atoms with Gasteiger partial charge in [-0.05, 0) is 54.0 Å². The van der Waals surface area contributed by atoms with E-state index >= 15 is 0 Å². The molecule has 0 aliphatic rings. The molecule has 202 valence electrons. The van der Waals surface area contributed by atoms with Crippen molar-refractivity contribution in [2.24, 2.45) is 0 Å². The van der Waals surface area contributed by atoms with Gasteiger partial charge >= 0.3 is 0 Å². The van der Waals surface area contributed by atoms with Crippen molar-refractivity contribution in [3.05, 3.63) is 65.0 Å². The zero-order valence-electron chi connectivity index (χ0n) is 24.1. The van der Waals surface area contributed by atoms with E-state index in [0.717, 1.165) is 34.7 Å². The van der Waals surface area contributed by atoms with Crippen LogP contribution in [0, 0.1) is 0 Å². The number of hydrogen-bond donors (Lipinski definition) is 2. The second kappa shape index (κ2) is 12.2. The fraction of sp³-hybridized carbons (Fsp3) is 0.531. The molecule has 1 aromatic heterocycles. The Kier molecular flexibility index (Phi) is 9.46. The van der Waals surface area contributed by atoms with Gasteiger partial charge in [-0.3, -0.25) is 0 Å². The van der Waals surface area contributed by atoms with Crippen molar-refractivity contribution >= 4 is 0 Å². The molecule has 2 aromatic carbocycles. The highest BCUT2D eigenvalue weighted by Gasteiger charge is 2.27. The molecule has 0 saturated carbocycles. The summed E-state index contributed by atoms with van der Waals surface area (Å²) >= 11 is 0. The maximum Gasteiger partial charge on any atom is 0.226 e. The third-order valence-electron chi connectivity index (χ3n) is 6.72. The van der Waals surface area contributed by atoms with Crippen LogP contribution in [-0.2, 0) is 23.8 Å². The molecular formula is C32H46N2O3. The minimum atomic E-state index is -0.206. The molecule has 0 aliphatic heterocycles. The first-order chi connectivity index (χ1) is 17.4. The number of benzene rings is 2. The van der Waals surface area contributed by atoms with Gasteiger partial charge in [0.25, 0.3) is 0 Å². The van der Waals surface area contributed by atoms with Gasteiger partial charge in [0.15, 0.2) is 0 Å². The van der Waals surface area contributed by atoms with Crippen LogP contribution in [0.25, 0.3) is 11.5 Å². The van der Waals surface area contributed by atoms with Crippen LogP contribution < -0.4 is 10.1 Å². The van der Waals surface area contributed by atoms with Crippen LogP contribution in [0.4, 0.5) is 0 Å². The Morgan fingerprint density at radius 2 is 1.62 bits per heavy atom. The number of aromatic nitrogens is 1. The lowest BCUT2D eigenvalue weighted by Crippen LogP contribution is -2.25. The van der Waals surface area contributed by atoms with Crippen molar-refractivity contribution in [2.75, 3.05) is 6.61 Å². The Morgan fingerprint density at radius 1 is 1.00 bits per heavy atom. The number of phenolic OH excluding ortho intramolecular Hbond substituents is 1. The molecule has 0 radical (unpaired) electrons. The fourth-order valence-electron chi connectivity index (χ4n) is 4.34. The number of phenols is 1. The smallest absolute Gasteiger partial charge is 0.226 e. The first kappa shape index (κ1) is 28.8. The highest BCUT2D eigenvalue weighted by Crippen LogP contribution is 2.41. The van der Waals surface area contributed by atoms with Gasteiger partial charge in [0.1, 0.15) is 17.8 Å². The van der Waals surface area contributed by atoms with Gasteiger partial charge in [0.05, 0.1) is 12.3 Å². The average Bonchev–Trinajstić information content (AvgIpc) is 3.29. The first-order valence-electron chi connectivity index (χ1n) is 13.7. The lowest BCUT2D eigenvalue weighted by atomic mass is 9.78. The molecule has 5 nitrogen and oxygen atoms in total. The molecule has 5 heteroatoms. The molecule has 0 saturated heterocycles. The van der Waals surface area contributed by atoms with Crippen LogP contribution in [0.3, 0.4) is 0 Å². The minimum absolute atomic E-state index is 0.206. The number of unbranched alkanes of at least 4 members (excludes halogenated alkanes) is 1. The van der Waals surface area contributed by atoms with E-state index in [2.05, 4.69) is 72.8 Å². The summed E-state index contributed by atoms with van der Waals surface area (Å²) in [7, 11) is 0. The molecule has 1 unspecified atom stereocenters. The minimum Gasteiger partial charge on any atom is -0.507 e. The highest BCUT2D eigenvalue weighted by molar-refractivity contribution is 5.63. The Labute approximate surface area is 223 Å². The van der Waals surface area contributed by atoms with E-state index in [9.17, 15) is 5.11 Å². The quantitative estimate of drug-likeness (QED) is 0.276. The van der Waals surface area contributed by atoms with E-state index in [1.807, 2.05) is 24.3 Å². The van der Waals surface area contributed by atoms with Gasteiger partial charge in [0, 0.05) is 35.7 Å². The van der Waals surface area contributed by atoms with E-state index in [-0.39, 0.29) is 10.8 Å². The van der Waals surface area contributed by atoms with Crippen LogP contribution in [0.15, 0.2) is 47.1 Å². The second-order valence-corrected chi connectivity index (χ2v) is 12.2. The molecule has 0 fully saturated rings. The largest absolute Gasteiger partial charge is 0.507 e. The number of hydrogen-bond acceptors (Lipinski definition) is 5. The molecule has 37 heavy (non-hydrogen) atoms. The summed E-state index contributed by atoms with van der Waals surface area (Å²) in [6.45, 7) is 18.5. The van der Waals surface area contributed by atoms with Gasteiger partial charge in [-0.1, -0.05) is 73.4 Å².